The highest BCUT2D eigenvalue weighted by Crippen LogP contribution is 2.40. The molecule has 1 aliphatic carbocycles. The number of nitrogens with zero attached hydrogens (tertiary/aromatic N) is 7. The number of carbonyl (C=O) groups is 2. The first kappa shape index (κ1) is 33.2. The van der Waals surface area contributed by atoms with Crippen molar-refractivity contribution in [3.05, 3.63) is 88.2 Å². The van der Waals surface area contributed by atoms with E-state index in [1.54, 1.807) is 36.5 Å². The fraction of sp³-hybridized carbons (Fsp3) is 0.378. The number of pyridine rings is 1. The van der Waals surface area contributed by atoms with Crippen LogP contribution in [0.25, 0.3) is 11.3 Å². The zero-order chi connectivity index (χ0) is 35.3. The second kappa shape index (κ2) is 12.9. The van der Waals surface area contributed by atoms with Crippen LogP contribution in [0.5, 0.6) is 0 Å². The first-order valence-corrected chi connectivity index (χ1v) is 16.9. The standard InChI is InChI=1S/C37H43N9O4/c1-6-32(48)39-24-16-25(18-26(17-24)44-11-9-42(4)10-12-44)40-33-36(50)43(5)21-29(41-33)27-7-8-38-34(28(27)22-47)46-14-13-45-30(35(46)49)15-23-19-37(2,3)20-31(23)45/h6-8,15-18,21,47H,1,9-14,19-20,22H2,2-5H3,(H,39,48)(H,40,41). The SMILES string of the molecule is C=CC(=O)Nc1cc(Nc2nc(-c3ccnc(N4CCn5c(cc6c5CC(C)(C)C6)C4=O)c3CO)cn(C)c2=O)cc(N2CCN(C)CC2)c1. The lowest BCUT2D eigenvalue weighted by molar-refractivity contribution is -0.111. The Balaban J connectivity index is 1.22. The molecule has 3 aliphatic rings. The molecule has 1 aromatic carbocycles. The molecule has 0 saturated carbocycles. The molecule has 0 spiro atoms. The lowest BCUT2D eigenvalue weighted by Crippen LogP contribution is -2.44. The van der Waals surface area contributed by atoms with Gasteiger partial charge in [0.25, 0.3) is 11.5 Å². The number of likely N-dealkylation sites (N-methyl/N-ethyl adjacent to an activating group) is 1. The summed E-state index contributed by atoms with van der Waals surface area (Å²) in [5, 5.41) is 16.7. The van der Waals surface area contributed by atoms with E-state index < -0.39 is 0 Å². The van der Waals surface area contributed by atoms with E-state index in [9.17, 15) is 19.5 Å². The third-order valence-electron chi connectivity index (χ3n) is 9.92. The van der Waals surface area contributed by atoms with Gasteiger partial charge in [0.2, 0.25) is 5.91 Å². The Morgan fingerprint density at radius 1 is 1.02 bits per heavy atom. The molecule has 2 aliphatic heterocycles. The molecular weight excluding hydrogens is 634 g/mol. The van der Waals surface area contributed by atoms with E-state index in [1.807, 2.05) is 18.2 Å². The Morgan fingerprint density at radius 2 is 1.78 bits per heavy atom. The van der Waals surface area contributed by atoms with Gasteiger partial charge in [0.05, 0.1) is 12.3 Å². The van der Waals surface area contributed by atoms with Gasteiger partial charge in [-0.05, 0) is 67.3 Å². The first-order chi connectivity index (χ1) is 23.9. The van der Waals surface area contributed by atoms with E-state index in [4.69, 9.17) is 4.98 Å². The monoisotopic (exact) mass is 677 g/mol. The van der Waals surface area contributed by atoms with Crippen LogP contribution >= 0.6 is 0 Å². The molecule has 1 fully saturated rings. The maximum absolute atomic E-state index is 13.9. The molecule has 1 saturated heterocycles. The van der Waals surface area contributed by atoms with Crippen LogP contribution in [0.15, 0.2) is 60.2 Å². The van der Waals surface area contributed by atoms with E-state index in [1.165, 1.54) is 21.9 Å². The van der Waals surface area contributed by atoms with Crippen molar-refractivity contribution in [2.45, 2.75) is 39.8 Å². The quantitative estimate of drug-likeness (QED) is 0.239. The molecule has 50 heavy (non-hydrogen) atoms. The van der Waals surface area contributed by atoms with Crippen LogP contribution in [-0.4, -0.2) is 80.7 Å². The van der Waals surface area contributed by atoms with E-state index in [2.05, 4.69) is 57.5 Å². The smallest absolute Gasteiger partial charge is 0.293 e. The molecule has 4 aromatic rings. The summed E-state index contributed by atoms with van der Waals surface area (Å²) in [6.07, 6.45) is 6.29. The summed E-state index contributed by atoms with van der Waals surface area (Å²) in [5.41, 5.74) is 6.35. The van der Waals surface area contributed by atoms with Crippen LogP contribution in [0.4, 0.5) is 28.7 Å². The van der Waals surface area contributed by atoms with Crippen LogP contribution in [0.3, 0.4) is 0 Å². The van der Waals surface area contributed by atoms with E-state index in [0.29, 0.717) is 52.8 Å². The summed E-state index contributed by atoms with van der Waals surface area (Å²) in [6, 6.07) is 9.32. The maximum Gasteiger partial charge on any atom is 0.293 e. The summed E-state index contributed by atoms with van der Waals surface area (Å²) in [6.45, 7) is 12.1. The van der Waals surface area contributed by atoms with Crippen LogP contribution in [0, 0.1) is 5.41 Å². The number of aliphatic hydroxyl groups is 1. The molecule has 13 heteroatoms. The zero-order valence-corrected chi connectivity index (χ0v) is 29.0. The number of hydrogen-bond acceptors (Lipinski definition) is 9. The lowest BCUT2D eigenvalue weighted by Gasteiger charge is -2.34. The van der Waals surface area contributed by atoms with Crippen LogP contribution < -0.4 is 26.0 Å². The number of piperazine rings is 1. The molecule has 3 aromatic heterocycles. The minimum atomic E-state index is -0.388. The number of aromatic nitrogens is 4. The third-order valence-corrected chi connectivity index (χ3v) is 9.92. The van der Waals surface area contributed by atoms with E-state index in [-0.39, 0.29) is 35.2 Å². The molecule has 13 nitrogen and oxygen atoms in total. The number of rotatable bonds is 8. The Kier molecular flexibility index (Phi) is 8.56. The molecule has 0 atom stereocenters. The number of fused-ring (bicyclic) bond motifs is 3. The first-order valence-electron chi connectivity index (χ1n) is 16.9. The molecule has 3 N–H and O–H groups in total. The van der Waals surface area contributed by atoms with Gasteiger partial charge >= 0.3 is 0 Å². The van der Waals surface area contributed by atoms with Gasteiger partial charge in [-0.1, -0.05) is 20.4 Å². The number of nitrogens with one attached hydrogen (secondary N) is 2. The largest absolute Gasteiger partial charge is 0.392 e. The lowest BCUT2D eigenvalue weighted by atomic mass is 9.90. The van der Waals surface area contributed by atoms with Crippen molar-refractivity contribution in [1.29, 1.82) is 0 Å². The van der Waals surface area contributed by atoms with Gasteiger partial charge in [-0.2, -0.15) is 0 Å². The number of aliphatic hydroxyl groups excluding tert-OH is 1. The molecule has 0 unspecified atom stereocenters. The third kappa shape index (κ3) is 6.18. The number of anilines is 5. The average Bonchev–Trinajstić information content (AvgIpc) is 3.58. The van der Waals surface area contributed by atoms with Gasteiger partial charge in [0.1, 0.15) is 11.5 Å². The van der Waals surface area contributed by atoms with E-state index >= 15 is 0 Å². The van der Waals surface area contributed by atoms with Crippen molar-refractivity contribution in [2.24, 2.45) is 12.5 Å². The van der Waals surface area contributed by atoms with Gasteiger partial charge in [-0.25, -0.2) is 9.97 Å². The Bertz CT molecular complexity index is 2070. The number of carbonyl (C=O) groups excluding carboxylic acids is 2. The highest BCUT2D eigenvalue weighted by Gasteiger charge is 2.37. The second-order valence-electron chi connectivity index (χ2n) is 14.2. The van der Waals surface area contributed by atoms with Crippen molar-refractivity contribution in [3.63, 3.8) is 0 Å². The normalized spacial score (nSPS) is 17.0. The Morgan fingerprint density at radius 3 is 2.52 bits per heavy atom. The van der Waals surface area contributed by atoms with Crippen molar-refractivity contribution >= 4 is 40.5 Å². The average molecular weight is 678 g/mol. The molecule has 0 bridgehead atoms. The fourth-order valence-corrected chi connectivity index (χ4v) is 7.37. The number of amides is 2. The minimum absolute atomic E-state index is 0.0630. The van der Waals surface area contributed by atoms with Crippen LogP contribution in [0.2, 0.25) is 0 Å². The van der Waals surface area contributed by atoms with Crippen molar-refractivity contribution in [3.8, 4) is 11.3 Å². The van der Waals surface area contributed by atoms with Gasteiger partial charge in [0, 0.05) is 92.6 Å². The van der Waals surface area contributed by atoms with E-state index in [0.717, 1.165) is 44.7 Å². The van der Waals surface area contributed by atoms with Crippen LogP contribution in [-0.2, 0) is 37.8 Å². The van der Waals surface area contributed by atoms with Crippen LogP contribution in [0.1, 0.15) is 41.2 Å². The molecule has 2 amide bonds. The maximum atomic E-state index is 13.9. The highest BCUT2D eigenvalue weighted by atomic mass is 16.3. The molecule has 260 valence electrons. The topological polar surface area (TPSA) is 141 Å². The summed E-state index contributed by atoms with van der Waals surface area (Å²) >= 11 is 0. The van der Waals surface area contributed by atoms with Gasteiger partial charge < -0.3 is 34.7 Å². The predicted octanol–water partition coefficient (Wildman–Crippen LogP) is 3.54. The van der Waals surface area contributed by atoms with Gasteiger partial charge in [-0.3, -0.25) is 19.3 Å². The number of hydrogen-bond donors (Lipinski definition) is 3. The fourth-order valence-electron chi connectivity index (χ4n) is 7.37. The predicted molar refractivity (Wildman–Crippen MR) is 194 cm³/mol. The summed E-state index contributed by atoms with van der Waals surface area (Å²) in [5.74, 6) is -0.0668. The van der Waals surface area contributed by atoms with Crippen molar-refractivity contribution in [2.75, 3.05) is 60.2 Å². The molecule has 7 rings (SSSR count). The summed E-state index contributed by atoms with van der Waals surface area (Å²) in [4.78, 5) is 55.0. The van der Waals surface area contributed by atoms with Gasteiger partial charge in [0.15, 0.2) is 5.82 Å². The molecule has 0 radical (unpaired) electrons. The molecular formula is C37H43N9O4. The number of benzene rings is 1. The van der Waals surface area contributed by atoms with Gasteiger partial charge in [-0.15, -0.1) is 0 Å². The Hall–Kier alpha value is -5.27. The van der Waals surface area contributed by atoms with Crippen molar-refractivity contribution in [1.82, 2.24) is 24.0 Å². The van der Waals surface area contributed by atoms with Crippen molar-refractivity contribution < 1.29 is 14.7 Å². The summed E-state index contributed by atoms with van der Waals surface area (Å²) < 4.78 is 3.57. The molecule has 5 heterocycles. The number of aryl methyl sites for hydroxylation is 1. The minimum Gasteiger partial charge on any atom is -0.392 e. The Labute approximate surface area is 290 Å². The zero-order valence-electron chi connectivity index (χ0n) is 29.0. The highest BCUT2D eigenvalue weighted by molar-refractivity contribution is 6.06. The second-order valence-corrected chi connectivity index (χ2v) is 14.2. The summed E-state index contributed by atoms with van der Waals surface area (Å²) in [7, 11) is 3.72.